The van der Waals surface area contributed by atoms with Gasteiger partial charge in [-0.3, -0.25) is 4.79 Å². The lowest BCUT2D eigenvalue weighted by atomic mass is 10.0. The molecule has 0 amide bonds. The van der Waals surface area contributed by atoms with Gasteiger partial charge in [-0.25, -0.2) is 0 Å². The summed E-state index contributed by atoms with van der Waals surface area (Å²) in [6.07, 6.45) is -4.44. The molecular weight excluding hydrogens is 269 g/mol. The van der Waals surface area contributed by atoms with Crippen LogP contribution in [0.1, 0.15) is 15.9 Å². The summed E-state index contributed by atoms with van der Waals surface area (Å²) in [4.78, 5) is 12.2. The molecule has 0 aromatic heterocycles. The van der Waals surface area contributed by atoms with E-state index in [1.807, 2.05) is 0 Å². The van der Waals surface area contributed by atoms with Crippen molar-refractivity contribution in [2.45, 2.75) is 6.18 Å². The highest BCUT2D eigenvalue weighted by Crippen LogP contribution is 2.24. The average molecular weight is 280 g/mol. The largest absolute Gasteiger partial charge is 0.483 e. The van der Waals surface area contributed by atoms with Gasteiger partial charge >= 0.3 is 6.18 Å². The maximum Gasteiger partial charge on any atom is 0.422 e. The van der Waals surface area contributed by atoms with Crippen molar-refractivity contribution in [3.05, 3.63) is 65.7 Å². The van der Waals surface area contributed by atoms with E-state index in [1.54, 1.807) is 36.4 Å². The van der Waals surface area contributed by atoms with Crippen LogP contribution in [-0.2, 0) is 0 Å². The van der Waals surface area contributed by atoms with Gasteiger partial charge in [0.05, 0.1) is 5.56 Å². The molecule has 0 heterocycles. The van der Waals surface area contributed by atoms with Crippen LogP contribution in [0, 0.1) is 0 Å². The Balaban J connectivity index is 2.26. The van der Waals surface area contributed by atoms with E-state index in [0.29, 0.717) is 5.56 Å². The first-order valence-electron chi connectivity index (χ1n) is 5.86. The van der Waals surface area contributed by atoms with Crippen molar-refractivity contribution < 1.29 is 22.7 Å². The lowest BCUT2D eigenvalue weighted by Gasteiger charge is -2.12. The highest BCUT2D eigenvalue weighted by molar-refractivity contribution is 6.10. The number of ether oxygens (including phenoxy) is 1. The maximum absolute atomic E-state index is 12.2. The molecule has 104 valence electrons. The highest BCUT2D eigenvalue weighted by atomic mass is 19.4. The standard InChI is InChI=1S/C15H11F3O2/c16-15(17,18)10-20-13-9-5-4-8-12(13)14(19)11-6-2-1-3-7-11/h1-9H,10H2. The Bertz CT molecular complexity index is 592. The number of alkyl halides is 3. The Morgan fingerprint density at radius 1 is 0.950 bits per heavy atom. The van der Waals surface area contributed by atoms with Crippen LogP contribution in [0.5, 0.6) is 5.75 Å². The lowest BCUT2D eigenvalue weighted by Crippen LogP contribution is -2.20. The molecule has 20 heavy (non-hydrogen) atoms. The van der Waals surface area contributed by atoms with Gasteiger partial charge in [-0.05, 0) is 12.1 Å². The molecule has 2 aromatic rings. The molecule has 2 nitrogen and oxygen atoms in total. The molecule has 0 saturated heterocycles. The Labute approximate surface area is 113 Å². The zero-order valence-corrected chi connectivity index (χ0v) is 10.4. The monoisotopic (exact) mass is 280 g/mol. The van der Waals surface area contributed by atoms with E-state index >= 15 is 0 Å². The molecule has 5 heteroatoms. The first-order chi connectivity index (χ1) is 9.47. The van der Waals surface area contributed by atoms with E-state index in [0.717, 1.165) is 0 Å². The summed E-state index contributed by atoms with van der Waals surface area (Å²) < 4.78 is 41.3. The third kappa shape index (κ3) is 3.60. The normalized spacial score (nSPS) is 11.2. The number of halogens is 3. The zero-order chi connectivity index (χ0) is 14.6. The summed E-state index contributed by atoms with van der Waals surface area (Å²) in [5.74, 6) is -0.443. The summed E-state index contributed by atoms with van der Waals surface area (Å²) in [6.45, 7) is -1.42. The predicted molar refractivity (Wildman–Crippen MR) is 67.9 cm³/mol. The third-order valence-electron chi connectivity index (χ3n) is 2.56. The van der Waals surface area contributed by atoms with E-state index in [1.165, 1.54) is 18.2 Å². The molecular formula is C15H11F3O2. The SMILES string of the molecule is O=C(c1ccccc1)c1ccccc1OCC(F)(F)F. The van der Waals surface area contributed by atoms with Crippen molar-refractivity contribution in [2.75, 3.05) is 6.61 Å². The van der Waals surface area contributed by atoms with Gasteiger partial charge in [0, 0.05) is 5.56 Å². The molecule has 0 spiro atoms. The average Bonchev–Trinajstić information content (AvgIpc) is 2.45. The van der Waals surface area contributed by atoms with Crippen LogP contribution in [0.2, 0.25) is 0 Å². The number of carbonyl (C=O) groups excluding carboxylic acids is 1. The molecule has 0 unspecified atom stereocenters. The fourth-order valence-corrected chi connectivity index (χ4v) is 1.68. The van der Waals surface area contributed by atoms with E-state index in [4.69, 9.17) is 4.74 Å². The number of benzene rings is 2. The van der Waals surface area contributed by atoms with E-state index in [-0.39, 0.29) is 17.1 Å². The molecule has 2 rings (SSSR count). The smallest absolute Gasteiger partial charge is 0.422 e. The fourth-order valence-electron chi connectivity index (χ4n) is 1.68. The van der Waals surface area contributed by atoms with Crippen LogP contribution in [0.15, 0.2) is 54.6 Å². The quantitative estimate of drug-likeness (QED) is 0.795. The van der Waals surface area contributed by atoms with Gasteiger partial charge in [0.25, 0.3) is 0 Å². The number of carbonyl (C=O) groups is 1. The van der Waals surface area contributed by atoms with Crippen molar-refractivity contribution in [2.24, 2.45) is 0 Å². The lowest BCUT2D eigenvalue weighted by molar-refractivity contribution is -0.153. The Morgan fingerprint density at radius 2 is 1.55 bits per heavy atom. The van der Waals surface area contributed by atoms with Crippen LogP contribution < -0.4 is 4.74 Å². The highest BCUT2D eigenvalue weighted by Gasteiger charge is 2.29. The predicted octanol–water partition coefficient (Wildman–Crippen LogP) is 3.86. The molecule has 0 aliphatic carbocycles. The van der Waals surface area contributed by atoms with Gasteiger partial charge < -0.3 is 4.74 Å². The minimum atomic E-state index is -4.44. The minimum Gasteiger partial charge on any atom is -0.483 e. The van der Waals surface area contributed by atoms with Gasteiger partial charge in [-0.2, -0.15) is 13.2 Å². The second-order valence-electron chi connectivity index (χ2n) is 4.10. The van der Waals surface area contributed by atoms with Crippen LogP contribution >= 0.6 is 0 Å². The van der Waals surface area contributed by atoms with E-state index in [9.17, 15) is 18.0 Å². The summed E-state index contributed by atoms with van der Waals surface area (Å²) >= 11 is 0. The molecule has 0 bridgehead atoms. The Kier molecular flexibility index (Phi) is 4.08. The number of rotatable bonds is 4. The number of hydrogen-bond acceptors (Lipinski definition) is 2. The van der Waals surface area contributed by atoms with Crippen LogP contribution in [-0.4, -0.2) is 18.6 Å². The molecule has 0 radical (unpaired) electrons. The van der Waals surface area contributed by atoms with Crippen molar-refractivity contribution >= 4 is 5.78 Å². The number of ketones is 1. The van der Waals surface area contributed by atoms with Crippen molar-refractivity contribution in [3.8, 4) is 5.75 Å². The van der Waals surface area contributed by atoms with Crippen molar-refractivity contribution in [1.29, 1.82) is 0 Å². The van der Waals surface area contributed by atoms with E-state index in [2.05, 4.69) is 0 Å². The van der Waals surface area contributed by atoms with Crippen LogP contribution in [0.4, 0.5) is 13.2 Å². The molecule has 0 N–H and O–H groups in total. The van der Waals surface area contributed by atoms with Gasteiger partial charge in [0.1, 0.15) is 5.75 Å². The van der Waals surface area contributed by atoms with Crippen molar-refractivity contribution in [3.63, 3.8) is 0 Å². The zero-order valence-electron chi connectivity index (χ0n) is 10.4. The fraction of sp³-hybridized carbons (Fsp3) is 0.133. The molecule has 0 fully saturated rings. The van der Waals surface area contributed by atoms with Gasteiger partial charge in [-0.15, -0.1) is 0 Å². The summed E-state index contributed by atoms with van der Waals surface area (Å²) in [5.41, 5.74) is 0.513. The molecule has 0 aliphatic rings. The van der Waals surface area contributed by atoms with E-state index < -0.39 is 12.8 Å². The molecule has 2 aromatic carbocycles. The maximum atomic E-state index is 12.2. The number of para-hydroxylation sites is 1. The van der Waals surface area contributed by atoms with Gasteiger partial charge in [-0.1, -0.05) is 42.5 Å². The second-order valence-corrected chi connectivity index (χ2v) is 4.10. The van der Waals surface area contributed by atoms with Crippen LogP contribution in [0.25, 0.3) is 0 Å². The van der Waals surface area contributed by atoms with Gasteiger partial charge in [0.15, 0.2) is 12.4 Å². The first-order valence-corrected chi connectivity index (χ1v) is 5.86. The first kappa shape index (κ1) is 14.1. The Hall–Kier alpha value is -2.30. The van der Waals surface area contributed by atoms with Crippen molar-refractivity contribution in [1.82, 2.24) is 0 Å². The molecule has 0 saturated carbocycles. The van der Waals surface area contributed by atoms with Gasteiger partial charge in [0.2, 0.25) is 0 Å². The number of hydrogen-bond donors (Lipinski definition) is 0. The molecule has 0 atom stereocenters. The van der Waals surface area contributed by atoms with Crippen LogP contribution in [0.3, 0.4) is 0 Å². The molecule has 0 aliphatic heterocycles. The Morgan fingerprint density at radius 3 is 2.20 bits per heavy atom. The third-order valence-corrected chi connectivity index (χ3v) is 2.56. The summed E-state index contributed by atoms with van der Waals surface area (Å²) in [6, 6.07) is 14.2. The second kappa shape index (κ2) is 5.77. The summed E-state index contributed by atoms with van der Waals surface area (Å²) in [7, 11) is 0. The minimum absolute atomic E-state index is 0.0707. The topological polar surface area (TPSA) is 26.3 Å². The summed E-state index contributed by atoms with van der Waals surface area (Å²) in [5, 5.41) is 0.